The Morgan fingerprint density at radius 3 is 2.59 bits per heavy atom. The maximum atomic E-state index is 11.8. The van der Waals surface area contributed by atoms with E-state index in [-0.39, 0.29) is 17.2 Å². The van der Waals surface area contributed by atoms with Gasteiger partial charge in [0.05, 0.1) is 5.25 Å². The number of carbonyl (C=O) groups is 1. The Bertz CT molecular complexity index is 409. The maximum Gasteiger partial charge on any atom is 0.233 e. The molecule has 17 heavy (non-hydrogen) atoms. The molecule has 0 saturated heterocycles. The molecule has 5 heteroatoms. The van der Waals surface area contributed by atoms with E-state index in [4.69, 9.17) is 5.73 Å². The third-order valence-electron chi connectivity index (χ3n) is 2.08. The van der Waals surface area contributed by atoms with Crippen LogP contribution in [0.25, 0.3) is 0 Å². The molecule has 0 aromatic heterocycles. The number of nitrogens with two attached hydrogens (primary N) is 1. The van der Waals surface area contributed by atoms with E-state index >= 15 is 0 Å². The molecule has 0 aliphatic heterocycles. The van der Waals surface area contributed by atoms with Gasteiger partial charge in [0.25, 0.3) is 0 Å². The van der Waals surface area contributed by atoms with Crippen molar-refractivity contribution in [3.8, 4) is 0 Å². The van der Waals surface area contributed by atoms with Gasteiger partial charge in [-0.15, -0.1) is 11.8 Å². The number of benzene rings is 1. The minimum absolute atomic E-state index is 0.0346. The second-order valence-electron chi connectivity index (χ2n) is 4.11. The summed E-state index contributed by atoms with van der Waals surface area (Å²) in [6, 6.07) is 5.84. The number of anilines is 1. The number of amides is 1. The highest BCUT2D eigenvalue weighted by Crippen LogP contribution is 2.30. The van der Waals surface area contributed by atoms with E-state index in [2.05, 4.69) is 21.2 Å². The van der Waals surface area contributed by atoms with Crippen LogP contribution < -0.4 is 11.1 Å². The Morgan fingerprint density at radius 2 is 2.06 bits per heavy atom. The monoisotopic (exact) mass is 316 g/mol. The Balaban J connectivity index is 2.67. The summed E-state index contributed by atoms with van der Waals surface area (Å²) in [7, 11) is 0. The third kappa shape index (κ3) is 4.60. The molecule has 0 fully saturated rings. The van der Waals surface area contributed by atoms with E-state index in [0.717, 1.165) is 9.37 Å². The standard InChI is InChI=1S/C12H17BrN2OS/c1-7(2)15-12(16)8(3)17-11-5-4-9(13)6-10(11)14/h4-8H,14H2,1-3H3,(H,15,16). The lowest BCUT2D eigenvalue weighted by molar-refractivity contribution is -0.120. The van der Waals surface area contributed by atoms with Gasteiger partial charge in [-0.1, -0.05) is 15.9 Å². The van der Waals surface area contributed by atoms with Gasteiger partial charge in [-0.3, -0.25) is 4.79 Å². The number of hydrogen-bond acceptors (Lipinski definition) is 3. The second-order valence-corrected chi connectivity index (χ2v) is 6.40. The van der Waals surface area contributed by atoms with Crippen LogP contribution in [0.5, 0.6) is 0 Å². The molecule has 1 amide bonds. The van der Waals surface area contributed by atoms with Gasteiger partial charge in [-0.2, -0.15) is 0 Å². The zero-order valence-electron chi connectivity index (χ0n) is 10.2. The molecule has 3 N–H and O–H groups in total. The van der Waals surface area contributed by atoms with Crippen LogP contribution in [-0.2, 0) is 4.79 Å². The lowest BCUT2D eigenvalue weighted by atomic mass is 10.3. The Hall–Kier alpha value is -0.680. The first-order valence-corrected chi connectivity index (χ1v) is 7.09. The first-order valence-electron chi connectivity index (χ1n) is 5.42. The van der Waals surface area contributed by atoms with Crippen molar-refractivity contribution in [1.82, 2.24) is 5.32 Å². The van der Waals surface area contributed by atoms with Gasteiger partial charge in [0.15, 0.2) is 0 Å². The largest absolute Gasteiger partial charge is 0.398 e. The smallest absolute Gasteiger partial charge is 0.233 e. The van der Waals surface area contributed by atoms with Crippen LogP contribution in [0.4, 0.5) is 5.69 Å². The van der Waals surface area contributed by atoms with Gasteiger partial charge < -0.3 is 11.1 Å². The quantitative estimate of drug-likeness (QED) is 0.663. The van der Waals surface area contributed by atoms with Crippen LogP contribution in [0, 0.1) is 0 Å². The Morgan fingerprint density at radius 1 is 1.41 bits per heavy atom. The number of nitrogen functional groups attached to an aromatic ring is 1. The molecule has 1 rings (SSSR count). The molecule has 0 aliphatic rings. The second kappa shape index (κ2) is 6.31. The average molecular weight is 317 g/mol. The average Bonchev–Trinajstić information content (AvgIpc) is 2.21. The van der Waals surface area contributed by atoms with Crippen LogP contribution in [0.3, 0.4) is 0 Å². The summed E-state index contributed by atoms with van der Waals surface area (Å²) < 4.78 is 0.943. The fourth-order valence-electron chi connectivity index (χ4n) is 1.27. The number of hydrogen-bond donors (Lipinski definition) is 2. The lowest BCUT2D eigenvalue weighted by Crippen LogP contribution is -2.35. The van der Waals surface area contributed by atoms with E-state index in [9.17, 15) is 4.79 Å². The van der Waals surface area contributed by atoms with Crippen molar-refractivity contribution in [1.29, 1.82) is 0 Å². The molecule has 0 spiro atoms. The van der Waals surface area contributed by atoms with E-state index in [1.54, 1.807) is 0 Å². The number of nitrogens with one attached hydrogen (secondary N) is 1. The summed E-state index contributed by atoms with van der Waals surface area (Å²) in [6.07, 6.45) is 0. The number of rotatable bonds is 4. The molecule has 1 aromatic rings. The number of carbonyl (C=O) groups excluding carboxylic acids is 1. The van der Waals surface area contributed by atoms with Crippen molar-refractivity contribution in [2.45, 2.75) is 37.0 Å². The zero-order valence-corrected chi connectivity index (χ0v) is 12.6. The van der Waals surface area contributed by atoms with Gasteiger partial charge in [-0.05, 0) is 39.0 Å². The normalized spacial score (nSPS) is 12.5. The molecule has 0 radical (unpaired) electrons. The van der Waals surface area contributed by atoms with Crippen molar-refractivity contribution in [3.63, 3.8) is 0 Å². The Kier molecular flexibility index (Phi) is 5.33. The minimum Gasteiger partial charge on any atom is -0.398 e. The molecule has 1 aromatic carbocycles. The topological polar surface area (TPSA) is 55.1 Å². The van der Waals surface area contributed by atoms with Crippen LogP contribution in [0.15, 0.2) is 27.6 Å². The van der Waals surface area contributed by atoms with E-state index in [1.807, 2.05) is 39.0 Å². The highest BCUT2D eigenvalue weighted by molar-refractivity contribution is 9.10. The van der Waals surface area contributed by atoms with Crippen LogP contribution in [0.2, 0.25) is 0 Å². The Labute approximate surface area is 115 Å². The van der Waals surface area contributed by atoms with Gasteiger partial charge in [-0.25, -0.2) is 0 Å². The molecule has 1 atom stereocenters. The van der Waals surface area contributed by atoms with E-state index < -0.39 is 0 Å². The summed E-state index contributed by atoms with van der Waals surface area (Å²) in [5, 5.41) is 2.73. The zero-order chi connectivity index (χ0) is 13.0. The molecule has 0 saturated carbocycles. The van der Waals surface area contributed by atoms with Crippen LogP contribution in [0.1, 0.15) is 20.8 Å². The highest BCUT2D eigenvalue weighted by atomic mass is 79.9. The SMILES string of the molecule is CC(C)NC(=O)C(C)Sc1ccc(Br)cc1N. The molecule has 1 unspecified atom stereocenters. The number of halogens is 1. The predicted molar refractivity (Wildman–Crippen MR) is 77.2 cm³/mol. The van der Waals surface area contributed by atoms with Gasteiger partial charge in [0.2, 0.25) is 5.91 Å². The molecular weight excluding hydrogens is 300 g/mol. The fraction of sp³-hybridized carbons (Fsp3) is 0.417. The minimum atomic E-state index is -0.152. The van der Waals surface area contributed by atoms with E-state index in [1.165, 1.54) is 11.8 Å². The fourth-order valence-corrected chi connectivity index (χ4v) is 2.55. The maximum absolute atomic E-state index is 11.8. The molecule has 3 nitrogen and oxygen atoms in total. The van der Waals surface area contributed by atoms with Gasteiger partial charge >= 0.3 is 0 Å². The van der Waals surface area contributed by atoms with Crippen molar-refractivity contribution >= 4 is 39.3 Å². The lowest BCUT2D eigenvalue weighted by Gasteiger charge is -2.15. The first kappa shape index (κ1) is 14.4. The molecular formula is C12H17BrN2OS. The van der Waals surface area contributed by atoms with Crippen molar-refractivity contribution in [3.05, 3.63) is 22.7 Å². The molecule has 0 aliphatic carbocycles. The molecule has 0 heterocycles. The van der Waals surface area contributed by atoms with Gasteiger partial charge in [0, 0.05) is 21.1 Å². The molecule has 94 valence electrons. The van der Waals surface area contributed by atoms with Crippen LogP contribution in [-0.4, -0.2) is 17.2 Å². The summed E-state index contributed by atoms with van der Waals surface area (Å²) in [5.41, 5.74) is 6.58. The van der Waals surface area contributed by atoms with E-state index in [0.29, 0.717) is 5.69 Å². The summed E-state index contributed by atoms with van der Waals surface area (Å²) >= 11 is 4.83. The number of thioether (sulfide) groups is 1. The van der Waals surface area contributed by atoms with Crippen LogP contribution >= 0.6 is 27.7 Å². The summed E-state index contributed by atoms with van der Waals surface area (Å²) in [5.74, 6) is 0.0346. The molecule has 0 bridgehead atoms. The third-order valence-corrected chi connectivity index (χ3v) is 3.76. The van der Waals surface area contributed by atoms with Gasteiger partial charge in [0.1, 0.15) is 0 Å². The summed E-state index contributed by atoms with van der Waals surface area (Å²) in [4.78, 5) is 12.7. The van der Waals surface area contributed by atoms with Crippen molar-refractivity contribution < 1.29 is 4.79 Å². The highest BCUT2D eigenvalue weighted by Gasteiger charge is 2.16. The van der Waals surface area contributed by atoms with Crippen molar-refractivity contribution in [2.24, 2.45) is 0 Å². The summed E-state index contributed by atoms with van der Waals surface area (Å²) in [6.45, 7) is 5.77. The first-order chi connectivity index (χ1) is 7.90. The van der Waals surface area contributed by atoms with Crippen molar-refractivity contribution in [2.75, 3.05) is 5.73 Å². The predicted octanol–water partition coefficient (Wildman–Crippen LogP) is 3.04.